The summed E-state index contributed by atoms with van der Waals surface area (Å²) in [7, 11) is 0. The molecule has 0 saturated carbocycles. The van der Waals surface area contributed by atoms with E-state index < -0.39 is 23.5 Å². The number of rotatable bonds is 4. The Balaban J connectivity index is 2.03. The van der Waals surface area contributed by atoms with Crippen molar-refractivity contribution in [2.24, 2.45) is 0 Å². The first-order valence-electron chi connectivity index (χ1n) is 8.95. The molecule has 0 spiro atoms. The Morgan fingerprint density at radius 2 is 1.21 bits per heavy atom. The number of hydrogen-bond donors (Lipinski definition) is 0. The Bertz CT molecular complexity index is 1220. The van der Waals surface area contributed by atoms with Gasteiger partial charge in [-0.1, -0.05) is 36.4 Å². The molecule has 3 rings (SSSR count). The van der Waals surface area contributed by atoms with Crippen LogP contribution in [0.2, 0.25) is 0 Å². The number of allylic oxidation sites excluding steroid dienone is 2. The number of nitriles is 2. The molecule has 0 atom stereocenters. The molecular weight excluding hydrogens is 466 g/mol. The molecule has 1 aromatic heterocycles. The lowest BCUT2D eigenvalue weighted by Crippen LogP contribution is -2.07. The lowest BCUT2D eigenvalue weighted by molar-refractivity contribution is -0.138. The summed E-state index contributed by atoms with van der Waals surface area (Å²) in [4.78, 5) is 3.99. The van der Waals surface area contributed by atoms with Gasteiger partial charge in [0.1, 0.15) is 12.1 Å². The fourth-order valence-electron chi connectivity index (χ4n) is 2.80. The molecule has 11 heteroatoms. The number of nitrogens with zero attached hydrogens (tertiary/aromatic N) is 4. The lowest BCUT2D eigenvalue weighted by atomic mass is 10.0. The highest BCUT2D eigenvalue weighted by Crippen LogP contribution is 2.35. The van der Waals surface area contributed by atoms with Gasteiger partial charge in [-0.05, 0) is 46.9 Å². The zero-order chi connectivity index (χ0) is 24.2. The van der Waals surface area contributed by atoms with Crippen molar-refractivity contribution in [3.63, 3.8) is 0 Å². The van der Waals surface area contributed by atoms with Gasteiger partial charge in [0.2, 0.25) is 0 Å². The molecule has 0 radical (unpaired) electrons. The monoisotopic (exact) mass is 476 g/mol. The van der Waals surface area contributed by atoms with E-state index in [1.807, 2.05) is 0 Å². The molecule has 0 unspecified atom stereocenters. The van der Waals surface area contributed by atoms with Crippen LogP contribution >= 0.6 is 11.5 Å². The number of halogens is 6. The predicted molar refractivity (Wildman–Crippen MR) is 110 cm³/mol. The van der Waals surface area contributed by atoms with E-state index in [9.17, 15) is 36.9 Å². The Kier molecular flexibility index (Phi) is 6.65. The van der Waals surface area contributed by atoms with Gasteiger partial charge in [-0.2, -0.15) is 41.2 Å². The van der Waals surface area contributed by atoms with Gasteiger partial charge in [-0.3, -0.25) is 0 Å². The third kappa shape index (κ3) is 5.45. The van der Waals surface area contributed by atoms with Crippen LogP contribution in [0.1, 0.15) is 33.1 Å². The summed E-state index contributed by atoms with van der Waals surface area (Å²) in [6.07, 6.45) is -7.36. The van der Waals surface area contributed by atoms with Crippen LogP contribution in [-0.2, 0) is 12.4 Å². The molecule has 0 aliphatic rings. The highest BCUT2D eigenvalue weighted by molar-refractivity contribution is 7.06. The molecule has 0 aliphatic carbocycles. The van der Waals surface area contributed by atoms with Crippen molar-refractivity contribution in [2.45, 2.75) is 12.4 Å². The molecular formula is C22H10F6N4S. The average Bonchev–Trinajstić information content (AvgIpc) is 3.24. The Morgan fingerprint density at radius 3 is 1.67 bits per heavy atom. The van der Waals surface area contributed by atoms with Crippen molar-refractivity contribution in [1.29, 1.82) is 10.5 Å². The fourth-order valence-corrected chi connectivity index (χ4v) is 3.45. The van der Waals surface area contributed by atoms with Gasteiger partial charge in [0, 0.05) is 0 Å². The first-order chi connectivity index (χ1) is 15.5. The van der Waals surface area contributed by atoms with E-state index in [0.29, 0.717) is 11.5 Å². The van der Waals surface area contributed by atoms with Gasteiger partial charge in [0.15, 0.2) is 10.8 Å². The van der Waals surface area contributed by atoms with Gasteiger partial charge >= 0.3 is 12.4 Å². The first-order valence-corrected chi connectivity index (χ1v) is 9.72. The lowest BCUT2D eigenvalue weighted by Gasteiger charge is -2.10. The molecule has 2 aromatic carbocycles. The Morgan fingerprint density at radius 1 is 0.758 bits per heavy atom. The maximum absolute atomic E-state index is 13.2. The van der Waals surface area contributed by atoms with Gasteiger partial charge in [0.25, 0.3) is 0 Å². The van der Waals surface area contributed by atoms with E-state index in [4.69, 9.17) is 0 Å². The molecule has 4 nitrogen and oxygen atoms in total. The summed E-state index contributed by atoms with van der Waals surface area (Å²) < 4.78 is 83.2. The Hall–Kier alpha value is -3.96. The van der Waals surface area contributed by atoms with Crippen LogP contribution in [0.5, 0.6) is 0 Å². The maximum atomic E-state index is 13.2. The van der Waals surface area contributed by atoms with Crippen LogP contribution in [0.15, 0.2) is 48.5 Å². The van der Waals surface area contributed by atoms with Crippen molar-refractivity contribution in [1.82, 2.24) is 9.36 Å². The summed E-state index contributed by atoms with van der Waals surface area (Å²) in [6.45, 7) is 0. The third-order valence-electron chi connectivity index (χ3n) is 4.27. The van der Waals surface area contributed by atoms with E-state index in [1.165, 1.54) is 36.4 Å². The molecule has 0 N–H and O–H groups in total. The summed E-state index contributed by atoms with van der Waals surface area (Å²) in [5.41, 5.74) is -3.02. The SMILES string of the molecule is N#C/C(=C\c1ccccc1C(F)(F)F)c1nsc(/C(C#N)=C/c2ccccc2C(F)(F)F)n1. The van der Waals surface area contributed by atoms with Crippen LogP contribution < -0.4 is 0 Å². The standard InChI is InChI=1S/C22H10F6N4S/c23-21(24,25)17-7-3-1-5-13(17)9-15(11-29)19-31-20(33-32-19)16(12-30)10-14-6-2-4-8-18(14)22(26,27)28/h1-10H/b15-9+,16-10+. The topological polar surface area (TPSA) is 73.4 Å². The summed E-state index contributed by atoms with van der Waals surface area (Å²) >= 11 is 0.632. The first kappa shape index (κ1) is 23.7. The van der Waals surface area contributed by atoms with E-state index in [2.05, 4.69) is 9.36 Å². The van der Waals surface area contributed by atoms with Gasteiger partial charge in [-0.15, -0.1) is 0 Å². The maximum Gasteiger partial charge on any atom is 0.416 e. The normalized spacial score (nSPS) is 12.8. The van der Waals surface area contributed by atoms with Crippen molar-refractivity contribution in [3.05, 3.63) is 81.6 Å². The van der Waals surface area contributed by atoms with Crippen LogP contribution in [0, 0.1) is 22.7 Å². The van der Waals surface area contributed by atoms with Gasteiger partial charge < -0.3 is 0 Å². The number of alkyl halides is 6. The summed E-state index contributed by atoms with van der Waals surface area (Å²) in [5.74, 6) is -0.250. The largest absolute Gasteiger partial charge is 0.416 e. The number of benzene rings is 2. The average molecular weight is 476 g/mol. The van der Waals surface area contributed by atoms with Crippen molar-refractivity contribution < 1.29 is 26.3 Å². The second kappa shape index (κ2) is 9.27. The Labute approximate surface area is 187 Å². The fraction of sp³-hybridized carbons (Fsp3) is 0.0909. The zero-order valence-corrected chi connectivity index (χ0v) is 17.1. The van der Waals surface area contributed by atoms with Crippen LogP contribution in [0.3, 0.4) is 0 Å². The molecule has 0 bridgehead atoms. The van der Waals surface area contributed by atoms with Crippen molar-refractivity contribution in [3.8, 4) is 12.1 Å². The van der Waals surface area contributed by atoms with E-state index in [1.54, 1.807) is 12.1 Å². The summed E-state index contributed by atoms with van der Waals surface area (Å²) in [5, 5.41) is 18.8. The van der Waals surface area contributed by atoms with Crippen LogP contribution in [0.25, 0.3) is 23.3 Å². The minimum Gasteiger partial charge on any atom is -0.213 e. The molecule has 0 amide bonds. The molecule has 0 aliphatic heterocycles. The van der Waals surface area contributed by atoms with E-state index in [-0.39, 0.29) is 33.1 Å². The molecule has 33 heavy (non-hydrogen) atoms. The number of aromatic nitrogens is 2. The molecule has 1 heterocycles. The minimum atomic E-state index is -4.66. The van der Waals surface area contributed by atoms with Gasteiger partial charge in [-0.25, -0.2) is 4.98 Å². The quantitative estimate of drug-likeness (QED) is 0.310. The zero-order valence-electron chi connectivity index (χ0n) is 16.2. The van der Waals surface area contributed by atoms with E-state index >= 15 is 0 Å². The molecule has 3 aromatic rings. The van der Waals surface area contributed by atoms with Crippen molar-refractivity contribution in [2.75, 3.05) is 0 Å². The second-order valence-corrected chi connectivity index (χ2v) is 7.18. The third-order valence-corrected chi connectivity index (χ3v) is 5.02. The highest BCUT2D eigenvalue weighted by Gasteiger charge is 2.33. The van der Waals surface area contributed by atoms with Crippen LogP contribution in [-0.4, -0.2) is 9.36 Å². The second-order valence-electron chi connectivity index (χ2n) is 6.43. The van der Waals surface area contributed by atoms with Crippen LogP contribution in [0.4, 0.5) is 26.3 Å². The molecule has 166 valence electrons. The molecule has 0 fully saturated rings. The van der Waals surface area contributed by atoms with Crippen molar-refractivity contribution >= 4 is 34.8 Å². The summed E-state index contributed by atoms with van der Waals surface area (Å²) in [6, 6.07) is 12.7. The number of hydrogen-bond acceptors (Lipinski definition) is 5. The van der Waals surface area contributed by atoms with Gasteiger partial charge in [0.05, 0.1) is 22.3 Å². The highest BCUT2D eigenvalue weighted by atomic mass is 32.1. The smallest absolute Gasteiger partial charge is 0.213 e. The van der Waals surface area contributed by atoms with E-state index in [0.717, 1.165) is 24.3 Å². The predicted octanol–water partition coefficient (Wildman–Crippen LogP) is 6.70. The molecule has 0 saturated heterocycles. The minimum absolute atomic E-state index is 0.0882.